The van der Waals surface area contributed by atoms with Crippen LogP contribution in [0.1, 0.15) is 16.7 Å². The van der Waals surface area contributed by atoms with Gasteiger partial charge in [0, 0.05) is 16.3 Å². The lowest BCUT2D eigenvalue weighted by Crippen LogP contribution is -2.74. The molecule has 1 heterocycles. The van der Waals surface area contributed by atoms with Crippen molar-refractivity contribution < 1.29 is 0 Å². The Morgan fingerprint density at radius 2 is 0.960 bits per heavy atom. The maximum atomic E-state index is 10.7. The normalized spacial score (nSPS) is 11.1. The smallest absolute Gasteiger partial charge is 0.179 e. The van der Waals surface area contributed by atoms with E-state index in [9.17, 15) is 15.8 Å². The maximum absolute atomic E-state index is 10.7. The first-order chi connectivity index (χ1) is 24.7. The molecule has 0 radical (unpaired) electrons. The first-order valence-electron chi connectivity index (χ1n) is 16.4. The fourth-order valence-electron chi connectivity index (χ4n) is 7.55. The average molecular weight is 653 g/mol. The van der Waals surface area contributed by atoms with Crippen molar-refractivity contribution in [2.75, 3.05) is 0 Å². The van der Waals surface area contributed by atoms with Crippen molar-refractivity contribution in [3.63, 3.8) is 0 Å². The Morgan fingerprint density at radius 1 is 0.420 bits per heavy atom. The topological polar surface area (TPSA) is 76.3 Å². The van der Waals surface area contributed by atoms with Crippen molar-refractivity contribution in [2.24, 2.45) is 0 Å². The Bertz CT molecular complexity index is 2580. The van der Waals surface area contributed by atoms with Crippen molar-refractivity contribution in [3.8, 4) is 35.0 Å². The van der Waals surface area contributed by atoms with Gasteiger partial charge < -0.3 is 4.57 Å². The van der Waals surface area contributed by atoms with Crippen LogP contribution in [0, 0.1) is 34.0 Å². The van der Waals surface area contributed by atoms with Crippen LogP contribution >= 0.6 is 0 Å². The molecule has 4 nitrogen and oxygen atoms in total. The van der Waals surface area contributed by atoms with Gasteiger partial charge in [-0.1, -0.05) is 133 Å². The molecule has 0 atom stereocenters. The molecule has 50 heavy (non-hydrogen) atoms. The molecular formula is C45H28N4Si. The van der Waals surface area contributed by atoms with E-state index in [4.69, 9.17) is 0 Å². The Morgan fingerprint density at radius 3 is 1.56 bits per heavy atom. The number of rotatable bonds is 6. The van der Waals surface area contributed by atoms with Crippen molar-refractivity contribution in [2.45, 2.75) is 0 Å². The highest BCUT2D eigenvalue weighted by molar-refractivity contribution is 7.19. The minimum Gasteiger partial charge on any atom is -0.307 e. The number of nitrogens with zero attached hydrogens (tertiary/aromatic N) is 4. The molecule has 7 aromatic carbocycles. The lowest BCUT2D eigenvalue weighted by molar-refractivity contribution is 1.17. The predicted molar refractivity (Wildman–Crippen MR) is 204 cm³/mol. The summed E-state index contributed by atoms with van der Waals surface area (Å²) >= 11 is 0. The van der Waals surface area contributed by atoms with E-state index in [-0.39, 0.29) is 0 Å². The van der Waals surface area contributed by atoms with Crippen LogP contribution in [0.5, 0.6) is 0 Å². The van der Waals surface area contributed by atoms with Gasteiger partial charge in [-0.25, -0.2) is 0 Å². The van der Waals surface area contributed by atoms with Crippen LogP contribution in [0.3, 0.4) is 0 Å². The fraction of sp³-hybridized carbons (Fsp3) is 0. The van der Waals surface area contributed by atoms with Crippen LogP contribution in [-0.4, -0.2) is 12.6 Å². The number of para-hydroxylation sites is 1. The van der Waals surface area contributed by atoms with Gasteiger partial charge in [-0.05, 0) is 62.7 Å². The van der Waals surface area contributed by atoms with E-state index >= 15 is 0 Å². The quantitative estimate of drug-likeness (QED) is 0.138. The van der Waals surface area contributed by atoms with Crippen molar-refractivity contribution >= 4 is 50.6 Å². The molecule has 0 aliphatic heterocycles. The zero-order valence-electron chi connectivity index (χ0n) is 27.0. The maximum Gasteiger partial charge on any atom is 0.179 e. The molecule has 0 amide bonds. The van der Waals surface area contributed by atoms with E-state index in [1.54, 1.807) is 18.2 Å². The highest BCUT2D eigenvalue weighted by atomic mass is 28.3. The number of nitriles is 3. The molecule has 8 rings (SSSR count). The van der Waals surface area contributed by atoms with E-state index in [0.717, 1.165) is 32.6 Å². The van der Waals surface area contributed by atoms with Gasteiger partial charge in [0.15, 0.2) is 8.07 Å². The predicted octanol–water partition coefficient (Wildman–Crippen LogP) is 7.44. The standard InChI is InChI=1S/C45H28N4Si/c46-29-32-23-26-43-41(27-32)40-21-10-11-22-42(40)49(43)45-35(31-48)25-24-34(30-47)44(45)33-13-12-20-39(28-33)50(36-14-4-1-5-15-36,37-16-6-2-7-17-37)38-18-8-3-9-19-38/h1-28H. The summed E-state index contributed by atoms with van der Waals surface area (Å²) < 4.78 is 2.09. The van der Waals surface area contributed by atoms with Gasteiger partial charge in [-0.2, -0.15) is 15.8 Å². The monoisotopic (exact) mass is 652 g/mol. The molecule has 0 saturated heterocycles. The molecule has 0 bridgehead atoms. The second-order valence-corrected chi connectivity index (χ2v) is 16.0. The van der Waals surface area contributed by atoms with E-state index in [2.05, 4.69) is 132 Å². The minimum absolute atomic E-state index is 0.453. The Hall–Kier alpha value is -6.97. The highest BCUT2D eigenvalue weighted by Gasteiger charge is 2.41. The summed E-state index contributed by atoms with van der Waals surface area (Å²) in [6.07, 6.45) is 0. The van der Waals surface area contributed by atoms with E-state index < -0.39 is 8.07 Å². The number of hydrogen-bond donors (Lipinski definition) is 0. The first kappa shape index (κ1) is 30.4. The second-order valence-electron chi connectivity index (χ2n) is 12.2. The molecule has 0 spiro atoms. The molecule has 0 N–H and O–H groups in total. The van der Waals surface area contributed by atoms with Gasteiger partial charge in [0.25, 0.3) is 0 Å². The molecule has 0 saturated carbocycles. The molecule has 0 unspecified atom stereocenters. The van der Waals surface area contributed by atoms with Crippen LogP contribution in [-0.2, 0) is 0 Å². The van der Waals surface area contributed by atoms with E-state index in [1.165, 1.54) is 15.6 Å². The van der Waals surface area contributed by atoms with E-state index in [0.29, 0.717) is 27.9 Å². The SMILES string of the molecule is N#Cc1ccc2c(c1)c1ccccc1n2-c1c(C#N)ccc(C#N)c1-c1cccc([Si](c2ccccc2)(c2ccccc2)c2ccccc2)c1. The average Bonchev–Trinajstić information content (AvgIpc) is 3.52. The number of hydrogen-bond acceptors (Lipinski definition) is 3. The summed E-state index contributed by atoms with van der Waals surface area (Å²) in [6, 6.07) is 65.1. The zero-order valence-corrected chi connectivity index (χ0v) is 28.0. The van der Waals surface area contributed by atoms with Crippen LogP contribution in [0.25, 0.3) is 38.6 Å². The molecule has 232 valence electrons. The van der Waals surface area contributed by atoms with Gasteiger partial charge in [0.1, 0.15) is 6.07 Å². The van der Waals surface area contributed by atoms with Crippen LogP contribution < -0.4 is 20.7 Å². The zero-order chi connectivity index (χ0) is 34.1. The third-order valence-corrected chi connectivity index (χ3v) is 14.4. The Labute approximate surface area is 291 Å². The lowest BCUT2D eigenvalue weighted by atomic mass is 9.95. The fourth-order valence-corrected chi connectivity index (χ4v) is 12.4. The van der Waals surface area contributed by atoms with Crippen LogP contribution in [0.15, 0.2) is 170 Å². The summed E-state index contributed by atoms with van der Waals surface area (Å²) in [5, 5.41) is 37.8. The third kappa shape index (κ3) is 4.72. The summed E-state index contributed by atoms with van der Waals surface area (Å²) in [7, 11) is -2.88. The van der Waals surface area contributed by atoms with E-state index in [1.807, 2.05) is 42.5 Å². The lowest BCUT2D eigenvalue weighted by Gasteiger charge is -2.34. The Balaban J connectivity index is 1.49. The van der Waals surface area contributed by atoms with Crippen molar-refractivity contribution in [1.29, 1.82) is 15.8 Å². The molecule has 5 heteroatoms. The summed E-state index contributed by atoms with van der Waals surface area (Å²) in [5.41, 5.74) is 5.42. The number of benzene rings is 7. The molecule has 1 aromatic heterocycles. The van der Waals surface area contributed by atoms with Crippen molar-refractivity contribution in [3.05, 3.63) is 187 Å². The highest BCUT2D eigenvalue weighted by Crippen LogP contribution is 2.39. The largest absolute Gasteiger partial charge is 0.307 e. The minimum atomic E-state index is -2.88. The Kier molecular flexibility index (Phi) is 7.63. The molecule has 0 aliphatic carbocycles. The van der Waals surface area contributed by atoms with Crippen LogP contribution in [0.4, 0.5) is 0 Å². The first-order valence-corrected chi connectivity index (χ1v) is 18.4. The molecule has 0 fully saturated rings. The van der Waals surface area contributed by atoms with Gasteiger partial charge in [0.05, 0.1) is 45.5 Å². The molecule has 8 aromatic rings. The summed E-state index contributed by atoms with van der Waals surface area (Å²) in [5.74, 6) is 0. The number of aromatic nitrogens is 1. The van der Waals surface area contributed by atoms with Gasteiger partial charge in [-0.3, -0.25) is 0 Å². The summed E-state index contributed by atoms with van der Waals surface area (Å²) in [4.78, 5) is 0. The molecule has 0 aliphatic rings. The number of fused-ring (bicyclic) bond motifs is 3. The second kappa shape index (κ2) is 12.6. The van der Waals surface area contributed by atoms with Gasteiger partial charge >= 0.3 is 0 Å². The molecular weight excluding hydrogens is 625 g/mol. The van der Waals surface area contributed by atoms with Gasteiger partial charge in [-0.15, -0.1) is 0 Å². The van der Waals surface area contributed by atoms with Crippen molar-refractivity contribution in [1.82, 2.24) is 4.57 Å². The summed E-state index contributed by atoms with van der Waals surface area (Å²) in [6.45, 7) is 0. The van der Waals surface area contributed by atoms with Gasteiger partial charge in [0.2, 0.25) is 0 Å². The van der Waals surface area contributed by atoms with Crippen LogP contribution in [0.2, 0.25) is 0 Å². The third-order valence-electron chi connectivity index (χ3n) is 9.65.